The Labute approximate surface area is 214 Å². The van der Waals surface area contributed by atoms with Gasteiger partial charge >= 0.3 is 5.97 Å². The minimum Gasteiger partial charge on any atom is -0.461 e. The average molecular weight is 503 g/mol. The molecule has 1 heterocycles. The number of hydrogen-bond donors (Lipinski definition) is 2. The van der Waals surface area contributed by atoms with E-state index in [9.17, 15) is 24.6 Å². The Hall–Kier alpha value is -2.35. The van der Waals surface area contributed by atoms with Gasteiger partial charge in [-0.15, -0.1) is 0 Å². The molecule has 0 bridgehead atoms. The van der Waals surface area contributed by atoms with Crippen LogP contribution >= 0.6 is 0 Å². The lowest BCUT2D eigenvalue weighted by Gasteiger charge is -2.23. The van der Waals surface area contributed by atoms with Crippen LogP contribution < -0.4 is 0 Å². The van der Waals surface area contributed by atoms with Crippen LogP contribution in [-0.2, 0) is 23.9 Å². The smallest absolute Gasteiger partial charge is 0.309 e. The van der Waals surface area contributed by atoms with Crippen molar-refractivity contribution in [2.45, 2.75) is 110 Å². The molecule has 7 nitrogen and oxygen atoms in total. The number of carbonyl (C=O) groups is 3. The van der Waals surface area contributed by atoms with Crippen LogP contribution in [0.5, 0.6) is 0 Å². The molecule has 0 amide bonds. The molecule has 0 radical (unpaired) electrons. The SMILES string of the molecule is CC(=O)CC(C)(O)CC(=O)OCC1=CC(=O)C2(CC=C(C)CCC=C(C)CCC=C(C)C)OC2C1O. The van der Waals surface area contributed by atoms with Crippen LogP contribution in [0.3, 0.4) is 0 Å². The Morgan fingerprint density at radius 1 is 1.06 bits per heavy atom. The summed E-state index contributed by atoms with van der Waals surface area (Å²) >= 11 is 0. The molecule has 2 rings (SSSR count). The molecule has 4 unspecified atom stereocenters. The highest BCUT2D eigenvalue weighted by atomic mass is 16.6. The lowest BCUT2D eigenvalue weighted by Crippen LogP contribution is -2.38. The van der Waals surface area contributed by atoms with Crippen molar-refractivity contribution < 1.29 is 34.1 Å². The zero-order valence-electron chi connectivity index (χ0n) is 22.6. The van der Waals surface area contributed by atoms with Gasteiger partial charge in [0.15, 0.2) is 11.4 Å². The Bertz CT molecular complexity index is 962. The summed E-state index contributed by atoms with van der Waals surface area (Å²) in [6, 6.07) is 0. The number of hydrogen-bond acceptors (Lipinski definition) is 7. The molecular weight excluding hydrogens is 460 g/mol. The number of fused-ring (bicyclic) bond motifs is 1. The summed E-state index contributed by atoms with van der Waals surface area (Å²) < 4.78 is 10.8. The highest BCUT2D eigenvalue weighted by Crippen LogP contribution is 2.48. The van der Waals surface area contributed by atoms with E-state index in [2.05, 4.69) is 32.9 Å². The molecule has 0 aromatic heterocycles. The highest BCUT2D eigenvalue weighted by Gasteiger charge is 2.66. The van der Waals surface area contributed by atoms with Gasteiger partial charge in [0.1, 0.15) is 24.6 Å². The molecule has 0 spiro atoms. The molecule has 0 saturated carbocycles. The second kappa shape index (κ2) is 12.7. The summed E-state index contributed by atoms with van der Waals surface area (Å²) in [6.45, 7) is 10.8. The molecule has 2 aliphatic rings. The summed E-state index contributed by atoms with van der Waals surface area (Å²) in [5.41, 5.74) is 1.59. The third-order valence-corrected chi connectivity index (χ3v) is 6.57. The van der Waals surface area contributed by atoms with Crippen LogP contribution in [0, 0.1) is 0 Å². The zero-order valence-corrected chi connectivity index (χ0v) is 22.6. The van der Waals surface area contributed by atoms with E-state index in [0.29, 0.717) is 6.42 Å². The van der Waals surface area contributed by atoms with Gasteiger partial charge in [-0.3, -0.25) is 14.4 Å². The minimum atomic E-state index is -1.50. The highest BCUT2D eigenvalue weighted by molar-refractivity contribution is 6.02. The van der Waals surface area contributed by atoms with E-state index in [1.165, 1.54) is 31.1 Å². The number of ketones is 2. The summed E-state index contributed by atoms with van der Waals surface area (Å²) in [5.74, 6) is -1.20. The fraction of sp³-hybridized carbons (Fsp3) is 0.621. The van der Waals surface area contributed by atoms with Gasteiger partial charge in [-0.05, 0) is 73.3 Å². The Kier molecular flexibility index (Phi) is 10.6. The van der Waals surface area contributed by atoms with E-state index in [-0.39, 0.29) is 36.6 Å². The quantitative estimate of drug-likeness (QED) is 0.205. The molecule has 0 aromatic rings. The van der Waals surface area contributed by atoms with Gasteiger partial charge in [0.2, 0.25) is 0 Å². The van der Waals surface area contributed by atoms with Crippen LogP contribution in [0.4, 0.5) is 0 Å². The molecule has 1 fully saturated rings. The molecule has 1 aliphatic carbocycles. The van der Waals surface area contributed by atoms with Crippen LogP contribution in [0.2, 0.25) is 0 Å². The number of allylic oxidation sites excluding steroid dienone is 5. The lowest BCUT2D eigenvalue weighted by atomic mass is 9.84. The average Bonchev–Trinajstić information content (AvgIpc) is 3.49. The van der Waals surface area contributed by atoms with Crippen molar-refractivity contribution in [1.29, 1.82) is 0 Å². The van der Waals surface area contributed by atoms with Gasteiger partial charge in [0.25, 0.3) is 0 Å². The lowest BCUT2D eigenvalue weighted by molar-refractivity contribution is -0.148. The summed E-state index contributed by atoms with van der Waals surface area (Å²) in [7, 11) is 0. The number of epoxide rings is 1. The molecule has 1 saturated heterocycles. The summed E-state index contributed by atoms with van der Waals surface area (Å²) in [4.78, 5) is 36.1. The fourth-order valence-electron chi connectivity index (χ4n) is 4.46. The van der Waals surface area contributed by atoms with Crippen molar-refractivity contribution in [3.05, 3.63) is 46.6 Å². The number of aliphatic hydroxyl groups is 2. The van der Waals surface area contributed by atoms with E-state index >= 15 is 0 Å². The maximum Gasteiger partial charge on any atom is 0.309 e. The van der Waals surface area contributed by atoms with Gasteiger partial charge < -0.3 is 19.7 Å². The van der Waals surface area contributed by atoms with Gasteiger partial charge in [-0.25, -0.2) is 0 Å². The number of Topliss-reactive ketones (excluding diaryl/α,β-unsaturated/α-hetero) is 1. The van der Waals surface area contributed by atoms with Crippen molar-refractivity contribution in [2.75, 3.05) is 6.61 Å². The van der Waals surface area contributed by atoms with Crippen molar-refractivity contribution in [1.82, 2.24) is 0 Å². The maximum absolute atomic E-state index is 12.8. The molecular formula is C29H42O7. The van der Waals surface area contributed by atoms with E-state index in [1.54, 1.807) is 0 Å². The van der Waals surface area contributed by atoms with E-state index in [1.807, 2.05) is 13.0 Å². The topological polar surface area (TPSA) is 113 Å². The monoisotopic (exact) mass is 502 g/mol. The number of rotatable bonds is 14. The first-order valence-electron chi connectivity index (χ1n) is 12.7. The Morgan fingerprint density at radius 2 is 1.67 bits per heavy atom. The standard InChI is InChI=1S/C29H42O7/c1-19(2)9-7-10-20(3)11-8-12-21(4)13-14-29-24(31)15-23(26(33)27(29)36-29)18-35-25(32)17-28(6,34)16-22(5)30/h9,11,13,15,26-27,33-34H,7-8,10,12,14,16-18H2,1-6H3. The van der Waals surface area contributed by atoms with Crippen LogP contribution in [-0.4, -0.2) is 57.8 Å². The largest absolute Gasteiger partial charge is 0.461 e. The molecule has 0 aromatic carbocycles. The van der Waals surface area contributed by atoms with Gasteiger partial charge in [0.05, 0.1) is 12.0 Å². The number of ether oxygens (including phenoxy) is 2. The van der Waals surface area contributed by atoms with Gasteiger partial charge in [-0.1, -0.05) is 34.9 Å². The van der Waals surface area contributed by atoms with Crippen molar-refractivity contribution >= 4 is 17.5 Å². The third-order valence-electron chi connectivity index (χ3n) is 6.57. The zero-order chi connectivity index (χ0) is 27.1. The number of carbonyl (C=O) groups excluding carboxylic acids is 3. The van der Waals surface area contributed by atoms with E-state index < -0.39 is 29.4 Å². The molecule has 1 aliphatic heterocycles. The first-order chi connectivity index (χ1) is 16.8. The second-order valence-electron chi connectivity index (χ2n) is 10.8. The van der Waals surface area contributed by atoms with Crippen LogP contribution in [0.1, 0.15) is 86.5 Å². The van der Waals surface area contributed by atoms with Crippen LogP contribution in [0.15, 0.2) is 46.6 Å². The predicted molar refractivity (Wildman–Crippen MR) is 138 cm³/mol. The first kappa shape index (κ1) is 29.9. The van der Waals surface area contributed by atoms with E-state index in [0.717, 1.165) is 31.3 Å². The molecule has 200 valence electrons. The van der Waals surface area contributed by atoms with E-state index in [4.69, 9.17) is 9.47 Å². The van der Waals surface area contributed by atoms with Gasteiger partial charge in [0, 0.05) is 18.4 Å². The predicted octanol–water partition coefficient (Wildman–Crippen LogP) is 4.47. The summed E-state index contributed by atoms with van der Waals surface area (Å²) in [6.07, 6.45) is 9.91. The van der Waals surface area contributed by atoms with Gasteiger partial charge in [-0.2, -0.15) is 0 Å². The van der Waals surface area contributed by atoms with Crippen LogP contribution in [0.25, 0.3) is 0 Å². The van der Waals surface area contributed by atoms with Crippen molar-refractivity contribution in [3.63, 3.8) is 0 Å². The fourth-order valence-corrected chi connectivity index (χ4v) is 4.46. The second-order valence-corrected chi connectivity index (χ2v) is 10.8. The summed E-state index contributed by atoms with van der Waals surface area (Å²) in [5, 5.41) is 20.8. The van der Waals surface area contributed by atoms with Crippen molar-refractivity contribution in [3.8, 4) is 0 Å². The number of aliphatic hydroxyl groups excluding tert-OH is 1. The Balaban J connectivity index is 1.85. The molecule has 2 N–H and O–H groups in total. The third kappa shape index (κ3) is 8.95. The molecule has 7 heteroatoms. The minimum absolute atomic E-state index is 0.163. The maximum atomic E-state index is 12.8. The molecule has 36 heavy (non-hydrogen) atoms. The first-order valence-corrected chi connectivity index (χ1v) is 12.7. The van der Waals surface area contributed by atoms with Crippen molar-refractivity contribution in [2.24, 2.45) is 0 Å². The normalized spacial score (nSPS) is 25.4. The number of esters is 1. The Morgan fingerprint density at radius 3 is 2.28 bits per heavy atom. The molecule has 4 atom stereocenters.